The van der Waals surface area contributed by atoms with Crippen molar-refractivity contribution < 1.29 is 4.74 Å². The maximum absolute atomic E-state index is 5.70. The van der Waals surface area contributed by atoms with Gasteiger partial charge in [-0.05, 0) is 45.4 Å². The molecule has 1 saturated carbocycles. The quantitative estimate of drug-likeness (QED) is 0.793. The van der Waals surface area contributed by atoms with Crippen molar-refractivity contribution in [1.82, 2.24) is 14.9 Å². The molecule has 1 heterocycles. The Balaban J connectivity index is 1.73. The summed E-state index contributed by atoms with van der Waals surface area (Å²) >= 11 is 0. The van der Waals surface area contributed by atoms with Crippen LogP contribution in [-0.2, 0) is 4.74 Å². The molecule has 0 radical (unpaired) electrons. The highest BCUT2D eigenvalue weighted by Crippen LogP contribution is 2.48. The van der Waals surface area contributed by atoms with Crippen LogP contribution in [0.1, 0.15) is 12.1 Å². The molecule has 2 aliphatic rings. The van der Waals surface area contributed by atoms with E-state index in [0.717, 1.165) is 29.7 Å². The van der Waals surface area contributed by atoms with E-state index in [2.05, 4.69) is 57.8 Å². The summed E-state index contributed by atoms with van der Waals surface area (Å²) in [5.74, 6) is 3.27. The average molecular weight is 343 g/mol. The highest BCUT2D eigenvalue weighted by molar-refractivity contribution is 5.47. The molecule has 2 unspecified atom stereocenters. The van der Waals surface area contributed by atoms with Crippen LogP contribution in [0.5, 0.6) is 0 Å². The Labute approximate surface area is 150 Å². The predicted molar refractivity (Wildman–Crippen MR) is 102 cm³/mol. The molecule has 6 heteroatoms. The van der Waals surface area contributed by atoms with Gasteiger partial charge >= 0.3 is 0 Å². The molecule has 0 aliphatic heterocycles. The Kier molecular flexibility index (Phi) is 5.39. The summed E-state index contributed by atoms with van der Waals surface area (Å²) in [6, 6.07) is 1.93. The lowest BCUT2D eigenvalue weighted by Crippen LogP contribution is -2.26. The highest BCUT2D eigenvalue weighted by Gasteiger charge is 2.45. The van der Waals surface area contributed by atoms with Crippen LogP contribution >= 0.6 is 0 Å². The van der Waals surface area contributed by atoms with E-state index >= 15 is 0 Å². The van der Waals surface area contributed by atoms with Gasteiger partial charge in [-0.15, -0.1) is 0 Å². The van der Waals surface area contributed by atoms with E-state index in [-0.39, 0.29) is 6.10 Å². The number of nitrogens with one attached hydrogen (secondary N) is 2. The lowest BCUT2D eigenvalue weighted by molar-refractivity contribution is 0.0942. The number of hydrogen-bond donors (Lipinski definition) is 2. The van der Waals surface area contributed by atoms with Gasteiger partial charge in [0.15, 0.2) is 0 Å². The van der Waals surface area contributed by atoms with Crippen LogP contribution in [0.4, 0.5) is 11.8 Å². The molecule has 136 valence electrons. The Bertz CT molecular complexity index is 670. The van der Waals surface area contributed by atoms with Crippen molar-refractivity contribution in [1.29, 1.82) is 0 Å². The van der Waals surface area contributed by atoms with E-state index in [4.69, 9.17) is 4.74 Å². The Hall–Kier alpha value is -1.92. The van der Waals surface area contributed by atoms with E-state index in [1.54, 1.807) is 7.11 Å². The summed E-state index contributed by atoms with van der Waals surface area (Å²) in [6.45, 7) is 3.11. The molecule has 0 bridgehead atoms. The topological polar surface area (TPSA) is 62.3 Å². The van der Waals surface area contributed by atoms with Gasteiger partial charge in [-0.3, -0.25) is 0 Å². The average Bonchev–Trinajstić information content (AvgIpc) is 3.32. The first-order chi connectivity index (χ1) is 12.0. The molecule has 0 aromatic carbocycles. The van der Waals surface area contributed by atoms with E-state index < -0.39 is 0 Å². The van der Waals surface area contributed by atoms with E-state index in [1.807, 2.05) is 20.0 Å². The minimum atomic E-state index is 0.147. The van der Waals surface area contributed by atoms with Crippen LogP contribution in [0.15, 0.2) is 30.0 Å². The fourth-order valence-corrected chi connectivity index (χ4v) is 3.67. The molecular weight excluding hydrogens is 314 g/mol. The molecule has 1 fully saturated rings. The van der Waals surface area contributed by atoms with Crippen molar-refractivity contribution in [2.75, 3.05) is 45.4 Å². The van der Waals surface area contributed by atoms with Gasteiger partial charge in [-0.2, -0.15) is 4.98 Å². The van der Waals surface area contributed by atoms with Gasteiger partial charge in [-0.25, -0.2) is 4.98 Å². The van der Waals surface area contributed by atoms with Crippen LogP contribution in [-0.4, -0.2) is 55.8 Å². The molecule has 1 aromatic heterocycles. The Morgan fingerprint density at radius 1 is 1.32 bits per heavy atom. The van der Waals surface area contributed by atoms with Gasteiger partial charge < -0.3 is 20.3 Å². The Morgan fingerprint density at radius 3 is 2.80 bits per heavy atom. The van der Waals surface area contributed by atoms with Crippen LogP contribution in [0.2, 0.25) is 0 Å². The smallest absolute Gasteiger partial charge is 0.229 e. The number of nitrogens with zero attached hydrogens (tertiary/aromatic N) is 3. The number of anilines is 2. The second-order valence-electron chi connectivity index (χ2n) is 7.27. The molecule has 2 aliphatic carbocycles. The first kappa shape index (κ1) is 17.9. The van der Waals surface area contributed by atoms with E-state index in [9.17, 15) is 0 Å². The number of methoxy groups -OCH3 is 1. The molecule has 6 nitrogen and oxygen atoms in total. The molecule has 1 aromatic rings. The van der Waals surface area contributed by atoms with Crippen molar-refractivity contribution in [3.8, 4) is 0 Å². The second kappa shape index (κ2) is 7.54. The van der Waals surface area contributed by atoms with Gasteiger partial charge in [0.05, 0.1) is 6.10 Å². The summed E-state index contributed by atoms with van der Waals surface area (Å²) in [5.41, 5.74) is 1.98. The summed E-state index contributed by atoms with van der Waals surface area (Å²) < 4.78 is 5.70. The first-order valence-electron chi connectivity index (χ1n) is 8.88. The zero-order valence-corrected chi connectivity index (χ0v) is 15.8. The van der Waals surface area contributed by atoms with Gasteiger partial charge in [0.25, 0.3) is 0 Å². The van der Waals surface area contributed by atoms with Crippen LogP contribution in [0.25, 0.3) is 0 Å². The Morgan fingerprint density at radius 2 is 2.12 bits per heavy atom. The molecule has 25 heavy (non-hydrogen) atoms. The van der Waals surface area contributed by atoms with Crippen molar-refractivity contribution >= 4 is 11.8 Å². The van der Waals surface area contributed by atoms with Gasteiger partial charge in [0.2, 0.25) is 5.95 Å². The third kappa shape index (κ3) is 4.38. The molecule has 0 spiro atoms. The number of hydrogen-bond acceptors (Lipinski definition) is 6. The molecule has 4 atom stereocenters. The van der Waals surface area contributed by atoms with Crippen LogP contribution in [0.3, 0.4) is 0 Å². The predicted octanol–water partition coefficient (Wildman–Crippen LogP) is 2.52. The molecule has 3 rings (SSSR count). The number of allylic oxidation sites excluding steroid dienone is 1. The zero-order chi connectivity index (χ0) is 18.0. The summed E-state index contributed by atoms with van der Waals surface area (Å²) in [5, 5.41) is 6.42. The van der Waals surface area contributed by atoms with Gasteiger partial charge in [-0.1, -0.05) is 12.2 Å². The van der Waals surface area contributed by atoms with Crippen LogP contribution in [0, 0.1) is 24.7 Å². The number of ether oxygens (including phenoxy) is 1. The monoisotopic (exact) mass is 343 g/mol. The number of aryl methyl sites for hydroxylation is 1. The lowest BCUT2D eigenvalue weighted by Gasteiger charge is -2.26. The standard InChI is InChI=1S/C19H29N5O/c1-12-8-18(20-2)23-19(21-12)22-14-6-7-17(25-5)16(10-14)15-9-13(15)11-24(3)4/h6-8,10,13,15-17H,9,11H2,1-5H3,(H2,20,21,22,23)/t13-,15-,16?,17?/m0/s1. The lowest BCUT2D eigenvalue weighted by atomic mass is 9.90. The van der Waals surface area contributed by atoms with Crippen molar-refractivity contribution in [2.24, 2.45) is 17.8 Å². The van der Waals surface area contributed by atoms with E-state index in [0.29, 0.717) is 17.8 Å². The zero-order valence-electron chi connectivity index (χ0n) is 15.8. The van der Waals surface area contributed by atoms with E-state index in [1.165, 1.54) is 6.42 Å². The number of rotatable bonds is 7. The van der Waals surface area contributed by atoms with Crippen molar-refractivity contribution in [3.05, 3.63) is 35.7 Å². The summed E-state index contributed by atoms with van der Waals surface area (Å²) in [4.78, 5) is 11.2. The van der Waals surface area contributed by atoms with Crippen LogP contribution < -0.4 is 10.6 Å². The summed E-state index contributed by atoms with van der Waals surface area (Å²) in [7, 11) is 7.94. The first-order valence-corrected chi connectivity index (χ1v) is 8.88. The fourth-order valence-electron chi connectivity index (χ4n) is 3.67. The third-order valence-corrected chi connectivity index (χ3v) is 4.93. The third-order valence-electron chi connectivity index (χ3n) is 4.93. The fraction of sp³-hybridized carbons (Fsp3) is 0.579. The van der Waals surface area contributed by atoms with Crippen molar-refractivity contribution in [3.63, 3.8) is 0 Å². The highest BCUT2D eigenvalue weighted by atomic mass is 16.5. The van der Waals surface area contributed by atoms with Crippen molar-refractivity contribution in [2.45, 2.75) is 19.4 Å². The largest absolute Gasteiger partial charge is 0.377 e. The summed E-state index contributed by atoms with van der Waals surface area (Å²) in [6.07, 6.45) is 7.92. The maximum atomic E-state index is 5.70. The minimum Gasteiger partial charge on any atom is -0.377 e. The molecule has 0 saturated heterocycles. The van der Waals surface area contributed by atoms with Gasteiger partial charge in [0, 0.05) is 44.1 Å². The second-order valence-corrected chi connectivity index (χ2v) is 7.27. The number of aromatic nitrogens is 2. The normalized spacial score (nSPS) is 28.0. The maximum Gasteiger partial charge on any atom is 0.229 e. The minimum absolute atomic E-state index is 0.147. The SMILES string of the molecule is CNc1cc(C)nc(NC2=CC([C@H]3C[C@H]3CN(C)C)C(OC)C=C2)n1. The molecule has 0 amide bonds. The molecular formula is C19H29N5O. The molecule has 2 N–H and O–H groups in total. The van der Waals surface area contributed by atoms with Gasteiger partial charge in [0.1, 0.15) is 5.82 Å².